The third-order valence-corrected chi connectivity index (χ3v) is 3.07. The van der Waals surface area contributed by atoms with Crippen LogP contribution in [-0.2, 0) is 19.1 Å². The van der Waals surface area contributed by atoms with Gasteiger partial charge in [0.15, 0.2) is 6.29 Å². The van der Waals surface area contributed by atoms with Crippen LogP contribution in [0.3, 0.4) is 0 Å². The second-order valence-corrected chi connectivity index (χ2v) is 4.91. The number of nitrogens with one attached hydrogen (secondary N) is 2. The van der Waals surface area contributed by atoms with Crippen molar-refractivity contribution in [2.45, 2.75) is 19.5 Å². The van der Waals surface area contributed by atoms with Crippen LogP contribution in [0, 0.1) is 6.92 Å². The number of benzene rings is 1. The zero-order chi connectivity index (χ0) is 15.2. The number of halogens is 1. The fourth-order valence-electron chi connectivity index (χ4n) is 1.58. The van der Waals surface area contributed by atoms with Gasteiger partial charge in [-0.25, -0.2) is 4.79 Å². The number of esters is 1. The van der Waals surface area contributed by atoms with E-state index in [1.807, 2.05) is 6.07 Å². The van der Waals surface area contributed by atoms with Gasteiger partial charge < -0.3 is 15.4 Å². The highest BCUT2D eigenvalue weighted by Gasteiger charge is 2.40. The lowest BCUT2D eigenvalue weighted by atomic mass is 10.1. The van der Waals surface area contributed by atoms with E-state index in [1.54, 1.807) is 26.0 Å². The molecule has 6 nitrogen and oxygen atoms in total. The van der Waals surface area contributed by atoms with Gasteiger partial charge in [0.1, 0.15) is 0 Å². The molecule has 0 radical (unpaired) electrons. The van der Waals surface area contributed by atoms with Gasteiger partial charge >= 0.3 is 5.97 Å². The first-order valence-electron chi connectivity index (χ1n) is 5.88. The molecule has 1 rings (SSSR count). The average Bonchev–Trinajstić information content (AvgIpc) is 2.41. The molecule has 0 saturated carbocycles. The molecule has 1 unspecified atom stereocenters. The van der Waals surface area contributed by atoms with Crippen molar-refractivity contribution in [1.29, 1.82) is 0 Å². The predicted octanol–water partition coefficient (Wildman–Crippen LogP) is 1.37. The summed E-state index contributed by atoms with van der Waals surface area (Å²) in [6.45, 7) is 3.50. The van der Waals surface area contributed by atoms with Crippen LogP contribution in [0.25, 0.3) is 0 Å². The van der Waals surface area contributed by atoms with Gasteiger partial charge in [0, 0.05) is 10.2 Å². The molecule has 7 heteroatoms. The number of carbonyl (C=O) groups is 3. The number of ether oxygens (including phenoxy) is 1. The van der Waals surface area contributed by atoms with E-state index in [0.29, 0.717) is 12.0 Å². The van der Waals surface area contributed by atoms with Crippen LogP contribution in [0.2, 0.25) is 0 Å². The first-order valence-corrected chi connectivity index (χ1v) is 6.67. The van der Waals surface area contributed by atoms with E-state index in [-0.39, 0.29) is 13.0 Å². The molecule has 0 saturated heterocycles. The lowest BCUT2D eigenvalue weighted by Crippen LogP contribution is -2.60. The van der Waals surface area contributed by atoms with Gasteiger partial charge in [0.25, 0.3) is 5.66 Å². The second kappa shape index (κ2) is 7.04. The van der Waals surface area contributed by atoms with E-state index in [4.69, 9.17) is 4.74 Å². The topological polar surface area (TPSA) is 84.5 Å². The standard InChI is InChI=1S/C13H15BrN2O4/c1-3-20-12(19)13(7-17,15-8-18)16-11-5-4-10(14)6-9(11)2/h4-8,16H,3H2,1-2H3,(H,15,18). The van der Waals surface area contributed by atoms with Crippen LogP contribution in [0.15, 0.2) is 22.7 Å². The summed E-state index contributed by atoms with van der Waals surface area (Å²) in [6.07, 6.45) is 0.577. The summed E-state index contributed by atoms with van der Waals surface area (Å²) in [5.74, 6) is -0.871. The summed E-state index contributed by atoms with van der Waals surface area (Å²) >= 11 is 3.32. The zero-order valence-electron chi connectivity index (χ0n) is 11.1. The molecule has 0 aliphatic heterocycles. The Bertz CT molecular complexity index is 521. The van der Waals surface area contributed by atoms with Gasteiger partial charge in [-0.05, 0) is 37.6 Å². The van der Waals surface area contributed by atoms with Gasteiger partial charge in [-0.15, -0.1) is 0 Å². The number of carbonyl (C=O) groups excluding carboxylic acids is 3. The van der Waals surface area contributed by atoms with Crippen molar-refractivity contribution < 1.29 is 19.1 Å². The molecule has 0 aliphatic rings. The molecule has 1 aromatic carbocycles. The first kappa shape index (κ1) is 16.2. The van der Waals surface area contributed by atoms with Gasteiger partial charge in [-0.2, -0.15) is 0 Å². The van der Waals surface area contributed by atoms with Crippen molar-refractivity contribution in [3.63, 3.8) is 0 Å². The molecule has 0 aliphatic carbocycles. The number of hydrogen-bond donors (Lipinski definition) is 2. The van der Waals surface area contributed by atoms with E-state index in [2.05, 4.69) is 26.6 Å². The zero-order valence-corrected chi connectivity index (χ0v) is 12.7. The number of aldehydes is 1. The minimum atomic E-state index is -1.93. The Hall–Kier alpha value is -1.89. The van der Waals surface area contributed by atoms with E-state index < -0.39 is 11.6 Å². The van der Waals surface area contributed by atoms with Gasteiger partial charge in [0.2, 0.25) is 6.41 Å². The smallest absolute Gasteiger partial charge is 0.360 e. The van der Waals surface area contributed by atoms with Crippen molar-refractivity contribution in [2.75, 3.05) is 11.9 Å². The predicted molar refractivity (Wildman–Crippen MR) is 77.1 cm³/mol. The van der Waals surface area contributed by atoms with Crippen LogP contribution < -0.4 is 10.6 Å². The molecule has 0 heterocycles. The third kappa shape index (κ3) is 3.57. The highest BCUT2D eigenvalue weighted by molar-refractivity contribution is 9.10. The molecule has 108 valence electrons. The molecule has 1 amide bonds. The van der Waals surface area contributed by atoms with Crippen molar-refractivity contribution in [1.82, 2.24) is 5.32 Å². The molecule has 0 spiro atoms. The fraction of sp³-hybridized carbons (Fsp3) is 0.308. The van der Waals surface area contributed by atoms with Crippen LogP contribution >= 0.6 is 15.9 Å². The van der Waals surface area contributed by atoms with Gasteiger partial charge in [-0.3, -0.25) is 9.59 Å². The van der Waals surface area contributed by atoms with Gasteiger partial charge in [0.05, 0.1) is 6.61 Å². The maximum absolute atomic E-state index is 11.9. The highest BCUT2D eigenvalue weighted by atomic mass is 79.9. The van der Waals surface area contributed by atoms with Gasteiger partial charge in [-0.1, -0.05) is 15.9 Å². The molecule has 2 N–H and O–H groups in total. The third-order valence-electron chi connectivity index (χ3n) is 2.58. The van der Waals surface area contributed by atoms with Crippen LogP contribution in [-0.4, -0.2) is 30.9 Å². The van der Waals surface area contributed by atoms with E-state index >= 15 is 0 Å². The van der Waals surface area contributed by atoms with Crippen molar-refractivity contribution in [3.8, 4) is 0 Å². The van der Waals surface area contributed by atoms with Crippen molar-refractivity contribution in [2.24, 2.45) is 0 Å². The Morgan fingerprint density at radius 1 is 1.45 bits per heavy atom. The van der Waals surface area contributed by atoms with E-state index in [9.17, 15) is 14.4 Å². The summed E-state index contributed by atoms with van der Waals surface area (Å²) in [5, 5.41) is 4.89. The van der Waals surface area contributed by atoms with E-state index in [1.165, 1.54) is 0 Å². The lowest BCUT2D eigenvalue weighted by Gasteiger charge is -2.27. The minimum absolute atomic E-state index is 0.0932. The number of amides is 1. The normalized spacial score (nSPS) is 12.9. The monoisotopic (exact) mass is 342 g/mol. The Balaban J connectivity index is 3.14. The molecule has 1 aromatic rings. The number of hydrogen-bond acceptors (Lipinski definition) is 5. The summed E-state index contributed by atoms with van der Waals surface area (Å²) in [4.78, 5) is 33.9. The molecule has 1 atom stereocenters. The molecule has 20 heavy (non-hydrogen) atoms. The number of aryl methyl sites for hydroxylation is 1. The molecule has 0 aromatic heterocycles. The lowest BCUT2D eigenvalue weighted by molar-refractivity contribution is -0.152. The number of rotatable bonds is 7. The van der Waals surface area contributed by atoms with Crippen molar-refractivity contribution >= 4 is 40.3 Å². The summed E-state index contributed by atoms with van der Waals surface area (Å²) in [5.41, 5.74) is -0.610. The minimum Gasteiger partial charge on any atom is -0.462 e. The summed E-state index contributed by atoms with van der Waals surface area (Å²) in [6, 6.07) is 5.24. The molecular formula is C13H15BrN2O4. The van der Waals surface area contributed by atoms with Crippen LogP contribution in [0.5, 0.6) is 0 Å². The van der Waals surface area contributed by atoms with E-state index in [0.717, 1.165) is 10.0 Å². The Morgan fingerprint density at radius 2 is 2.15 bits per heavy atom. The molecule has 0 bridgehead atoms. The Morgan fingerprint density at radius 3 is 2.65 bits per heavy atom. The summed E-state index contributed by atoms with van der Waals surface area (Å²) < 4.78 is 5.68. The van der Waals surface area contributed by atoms with Crippen molar-refractivity contribution in [3.05, 3.63) is 28.2 Å². The Kier molecular flexibility index (Phi) is 5.69. The SMILES string of the molecule is CCOC(=O)C(C=O)(NC=O)Nc1ccc(Br)cc1C. The van der Waals surface area contributed by atoms with Crippen LogP contribution in [0.4, 0.5) is 5.69 Å². The molecular weight excluding hydrogens is 328 g/mol. The second-order valence-electron chi connectivity index (χ2n) is 3.99. The maximum Gasteiger partial charge on any atom is 0.360 e. The maximum atomic E-state index is 11.9. The number of anilines is 1. The largest absolute Gasteiger partial charge is 0.462 e. The quantitative estimate of drug-likeness (QED) is 0.338. The van der Waals surface area contributed by atoms with Crippen LogP contribution in [0.1, 0.15) is 12.5 Å². The Labute approximate surface area is 125 Å². The fourth-order valence-corrected chi connectivity index (χ4v) is 2.05. The first-order chi connectivity index (χ1) is 9.49. The summed E-state index contributed by atoms with van der Waals surface area (Å²) in [7, 11) is 0. The average molecular weight is 343 g/mol. The highest BCUT2D eigenvalue weighted by Crippen LogP contribution is 2.22. The molecule has 0 fully saturated rings.